The van der Waals surface area contributed by atoms with Crippen LogP contribution >= 0.6 is 0 Å². The van der Waals surface area contributed by atoms with Crippen molar-refractivity contribution in [3.63, 3.8) is 0 Å². The molecule has 0 fully saturated rings. The first-order valence-corrected chi connectivity index (χ1v) is 11.1. The van der Waals surface area contributed by atoms with E-state index in [2.05, 4.69) is 24.5 Å². The third kappa shape index (κ3) is 7.68. The van der Waals surface area contributed by atoms with E-state index in [9.17, 15) is 9.59 Å². The van der Waals surface area contributed by atoms with Crippen molar-refractivity contribution in [1.29, 1.82) is 0 Å². The SMILES string of the molecule is CC(C)CCNC(=O)Oc1ccccc1-c1ccccc1CNC(=O)OCc1ccccc1. The van der Waals surface area contributed by atoms with Crippen LogP contribution < -0.4 is 15.4 Å². The maximum atomic E-state index is 12.3. The summed E-state index contributed by atoms with van der Waals surface area (Å²) in [5.74, 6) is 0.954. The molecule has 0 spiro atoms. The van der Waals surface area contributed by atoms with Crippen LogP contribution in [0.2, 0.25) is 0 Å². The summed E-state index contributed by atoms with van der Waals surface area (Å²) in [6.45, 7) is 5.25. The van der Waals surface area contributed by atoms with Crippen molar-refractivity contribution >= 4 is 12.2 Å². The van der Waals surface area contributed by atoms with Crippen molar-refractivity contribution < 1.29 is 19.1 Å². The largest absolute Gasteiger partial charge is 0.445 e. The number of ether oxygens (including phenoxy) is 2. The standard InChI is InChI=1S/C27H30N2O4/c1-20(2)16-17-28-27(31)33-25-15-9-8-14-24(25)23-13-7-6-12-22(23)18-29-26(30)32-19-21-10-4-3-5-11-21/h3-15,20H,16-19H2,1-2H3,(H,28,31)(H,29,30). The van der Waals surface area contributed by atoms with Crippen LogP contribution in [-0.4, -0.2) is 18.7 Å². The second-order valence-electron chi connectivity index (χ2n) is 8.07. The summed E-state index contributed by atoms with van der Waals surface area (Å²) in [5.41, 5.74) is 3.44. The van der Waals surface area contributed by atoms with Crippen molar-refractivity contribution in [2.75, 3.05) is 6.54 Å². The Morgan fingerprint density at radius 1 is 0.788 bits per heavy atom. The van der Waals surface area contributed by atoms with Gasteiger partial charge in [0.1, 0.15) is 12.4 Å². The summed E-state index contributed by atoms with van der Waals surface area (Å²) in [4.78, 5) is 24.4. The molecule has 0 aliphatic carbocycles. The lowest BCUT2D eigenvalue weighted by Gasteiger charge is -2.15. The number of nitrogens with one attached hydrogen (secondary N) is 2. The van der Waals surface area contributed by atoms with Crippen LogP contribution in [-0.2, 0) is 17.9 Å². The van der Waals surface area contributed by atoms with E-state index in [-0.39, 0.29) is 13.2 Å². The van der Waals surface area contributed by atoms with Gasteiger partial charge in [-0.1, -0.05) is 86.6 Å². The van der Waals surface area contributed by atoms with Gasteiger partial charge in [-0.25, -0.2) is 9.59 Å². The van der Waals surface area contributed by atoms with Gasteiger partial charge >= 0.3 is 12.2 Å². The Balaban J connectivity index is 1.65. The van der Waals surface area contributed by atoms with E-state index >= 15 is 0 Å². The zero-order valence-electron chi connectivity index (χ0n) is 19.0. The molecule has 3 aromatic carbocycles. The topological polar surface area (TPSA) is 76.7 Å². The number of para-hydroxylation sites is 1. The molecule has 33 heavy (non-hydrogen) atoms. The third-order valence-electron chi connectivity index (χ3n) is 5.02. The average Bonchev–Trinajstić information content (AvgIpc) is 2.82. The van der Waals surface area contributed by atoms with Crippen molar-refractivity contribution in [2.45, 2.75) is 33.4 Å². The summed E-state index contributed by atoms with van der Waals surface area (Å²) in [6.07, 6.45) is -0.100. The molecular weight excluding hydrogens is 416 g/mol. The van der Waals surface area contributed by atoms with E-state index in [0.717, 1.165) is 28.7 Å². The number of hydrogen-bond donors (Lipinski definition) is 2. The van der Waals surface area contributed by atoms with Gasteiger partial charge in [-0.3, -0.25) is 0 Å². The summed E-state index contributed by atoms with van der Waals surface area (Å²) >= 11 is 0. The number of carbonyl (C=O) groups excluding carboxylic acids is 2. The van der Waals surface area contributed by atoms with E-state index in [1.807, 2.05) is 72.8 Å². The Kier molecular flexibility index (Phi) is 8.88. The lowest BCUT2D eigenvalue weighted by molar-refractivity contribution is 0.139. The highest BCUT2D eigenvalue weighted by atomic mass is 16.6. The first kappa shape index (κ1) is 23.9. The molecule has 0 aliphatic heterocycles. The van der Waals surface area contributed by atoms with Crippen LogP contribution in [0, 0.1) is 5.92 Å². The molecule has 0 aromatic heterocycles. The van der Waals surface area contributed by atoms with Gasteiger partial charge in [0.15, 0.2) is 0 Å². The highest BCUT2D eigenvalue weighted by Gasteiger charge is 2.14. The second kappa shape index (κ2) is 12.3. The molecule has 6 nitrogen and oxygen atoms in total. The van der Waals surface area contributed by atoms with Crippen molar-refractivity contribution in [3.8, 4) is 16.9 Å². The molecule has 0 saturated carbocycles. The summed E-state index contributed by atoms with van der Waals surface area (Å²) < 4.78 is 10.9. The predicted octanol–water partition coefficient (Wildman–Crippen LogP) is 5.91. The number of rotatable bonds is 9. The normalized spacial score (nSPS) is 10.5. The van der Waals surface area contributed by atoms with E-state index in [4.69, 9.17) is 9.47 Å². The minimum absolute atomic E-state index is 0.205. The molecule has 2 amide bonds. The highest BCUT2D eigenvalue weighted by Crippen LogP contribution is 2.32. The van der Waals surface area contributed by atoms with Crippen molar-refractivity contribution in [2.24, 2.45) is 5.92 Å². The highest BCUT2D eigenvalue weighted by molar-refractivity contribution is 5.78. The first-order valence-electron chi connectivity index (χ1n) is 11.1. The van der Waals surface area contributed by atoms with Crippen molar-refractivity contribution in [1.82, 2.24) is 10.6 Å². The van der Waals surface area contributed by atoms with Crippen LogP contribution in [0.3, 0.4) is 0 Å². The van der Waals surface area contributed by atoms with Gasteiger partial charge in [0.25, 0.3) is 0 Å². The van der Waals surface area contributed by atoms with Gasteiger partial charge in [-0.15, -0.1) is 0 Å². The zero-order valence-corrected chi connectivity index (χ0v) is 19.0. The van der Waals surface area contributed by atoms with Gasteiger partial charge < -0.3 is 20.1 Å². The van der Waals surface area contributed by atoms with Crippen LogP contribution in [0.1, 0.15) is 31.4 Å². The Morgan fingerprint density at radius 2 is 1.45 bits per heavy atom. The number of carbonyl (C=O) groups is 2. The number of amides is 2. The molecule has 0 aliphatic rings. The number of alkyl carbamates (subject to hydrolysis) is 1. The summed E-state index contributed by atoms with van der Waals surface area (Å²) in [5, 5.41) is 5.59. The quantitative estimate of drug-likeness (QED) is 0.428. The molecule has 0 unspecified atom stereocenters. The Morgan fingerprint density at radius 3 is 2.21 bits per heavy atom. The van der Waals surface area contributed by atoms with Crippen LogP contribution in [0.4, 0.5) is 9.59 Å². The fourth-order valence-electron chi connectivity index (χ4n) is 3.26. The zero-order chi connectivity index (χ0) is 23.5. The lowest BCUT2D eigenvalue weighted by Crippen LogP contribution is -2.28. The molecule has 172 valence electrons. The molecule has 2 N–H and O–H groups in total. The van der Waals surface area contributed by atoms with Gasteiger partial charge in [-0.2, -0.15) is 0 Å². The molecule has 0 heterocycles. The monoisotopic (exact) mass is 446 g/mol. The van der Waals surface area contributed by atoms with Gasteiger partial charge in [0, 0.05) is 18.7 Å². The Labute approximate surface area is 194 Å². The van der Waals surface area contributed by atoms with Crippen molar-refractivity contribution in [3.05, 3.63) is 90.0 Å². The molecule has 0 saturated heterocycles. The van der Waals surface area contributed by atoms with E-state index < -0.39 is 12.2 Å². The molecule has 0 radical (unpaired) electrons. The fourth-order valence-corrected chi connectivity index (χ4v) is 3.26. The predicted molar refractivity (Wildman–Crippen MR) is 129 cm³/mol. The second-order valence-corrected chi connectivity index (χ2v) is 8.07. The molecule has 6 heteroatoms. The summed E-state index contributed by atoms with van der Waals surface area (Å²) in [7, 11) is 0. The maximum Gasteiger partial charge on any atom is 0.412 e. The van der Waals surface area contributed by atoms with E-state index in [1.54, 1.807) is 6.07 Å². The maximum absolute atomic E-state index is 12.3. The fraction of sp³-hybridized carbons (Fsp3) is 0.259. The molecule has 3 rings (SSSR count). The van der Waals surface area contributed by atoms with E-state index in [1.165, 1.54) is 0 Å². The molecule has 0 bridgehead atoms. The minimum Gasteiger partial charge on any atom is -0.445 e. The molecule has 0 atom stereocenters. The molecule has 3 aromatic rings. The first-order chi connectivity index (χ1) is 16.0. The van der Waals surface area contributed by atoms with Crippen LogP contribution in [0.15, 0.2) is 78.9 Å². The van der Waals surface area contributed by atoms with Gasteiger partial charge in [-0.05, 0) is 35.1 Å². The Bertz CT molecular complexity index is 1050. The van der Waals surface area contributed by atoms with Crippen LogP contribution in [0.5, 0.6) is 5.75 Å². The van der Waals surface area contributed by atoms with E-state index in [0.29, 0.717) is 18.2 Å². The van der Waals surface area contributed by atoms with Crippen LogP contribution in [0.25, 0.3) is 11.1 Å². The Hall–Kier alpha value is -3.80. The number of benzene rings is 3. The van der Waals surface area contributed by atoms with Gasteiger partial charge in [0.2, 0.25) is 0 Å². The smallest absolute Gasteiger partial charge is 0.412 e. The number of hydrogen-bond acceptors (Lipinski definition) is 4. The average molecular weight is 447 g/mol. The third-order valence-corrected chi connectivity index (χ3v) is 5.02. The van der Waals surface area contributed by atoms with Gasteiger partial charge in [0.05, 0.1) is 0 Å². The minimum atomic E-state index is -0.497. The summed E-state index contributed by atoms with van der Waals surface area (Å²) in [6, 6.07) is 24.5. The molecular formula is C27H30N2O4. The lowest BCUT2D eigenvalue weighted by atomic mass is 9.99.